The van der Waals surface area contributed by atoms with Crippen LogP contribution in [0.1, 0.15) is 22.9 Å². The summed E-state index contributed by atoms with van der Waals surface area (Å²) in [5.74, 6) is 0. The second-order valence-electron chi connectivity index (χ2n) is 6.59. The van der Waals surface area contributed by atoms with Crippen LogP contribution < -0.4 is 11.2 Å². The molecular formula is C19H21BrN2O6. The van der Waals surface area contributed by atoms with E-state index in [1.807, 2.05) is 31.2 Å². The number of nitrogens with zero attached hydrogens (tertiary/aromatic N) is 1. The number of aliphatic hydroxyl groups excluding tert-OH is 2. The first-order valence-electron chi connectivity index (χ1n) is 8.68. The number of hydrogen-bond acceptors (Lipinski definition) is 6. The van der Waals surface area contributed by atoms with Crippen LogP contribution in [0.25, 0.3) is 6.08 Å². The molecule has 9 heteroatoms. The Kier molecular flexibility index (Phi) is 6.63. The van der Waals surface area contributed by atoms with Gasteiger partial charge in [-0.15, -0.1) is 0 Å². The molecule has 1 aliphatic heterocycles. The molecule has 0 radical (unpaired) electrons. The van der Waals surface area contributed by atoms with Crippen molar-refractivity contribution in [2.75, 3.05) is 6.61 Å². The Bertz CT molecular complexity index is 952. The van der Waals surface area contributed by atoms with Crippen LogP contribution in [-0.2, 0) is 16.1 Å². The summed E-state index contributed by atoms with van der Waals surface area (Å²) in [6.07, 6.45) is -1.83. The Morgan fingerprint density at radius 2 is 1.96 bits per heavy atom. The van der Waals surface area contributed by atoms with Crippen LogP contribution in [0.4, 0.5) is 0 Å². The molecule has 2 heterocycles. The molecule has 1 aromatic carbocycles. The van der Waals surface area contributed by atoms with E-state index in [9.17, 15) is 19.8 Å². The molecule has 3 N–H and O–H groups in total. The standard InChI is InChI=1S/C19H21BrN2O6/c1-11-2-4-12(5-3-11)9-27-10-14-15(23)16(24)18(28-14)22-8-13(6-7-20)17(25)21-19(22)26/h2-8,14-16,18,23-24H,9-10H2,1H3,(H,21,25,26)/t14-,15-,16+,18-/m1/s1. The van der Waals surface area contributed by atoms with Crippen molar-refractivity contribution in [3.05, 3.63) is 73.0 Å². The summed E-state index contributed by atoms with van der Waals surface area (Å²) in [6.45, 7) is 2.36. The van der Waals surface area contributed by atoms with Crippen molar-refractivity contribution in [1.82, 2.24) is 9.55 Å². The van der Waals surface area contributed by atoms with Crippen LogP contribution in [0, 0.1) is 6.92 Å². The van der Waals surface area contributed by atoms with E-state index in [1.54, 1.807) is 0 Å². The number of aromatic amines is 1. The fourth-order valence-corrected chi connectivity index (χ4v) is 3.24. The quantitative estimate of drug-likeness (QED) is 0.603. The van der Waals surface area contributed by atoms with Gasteiger partial charge in [0.1, 0.15) is 18.3 Å². The van der Waals surface area contributed by atoms with E-state index in [2.05, 4.69) is 20.9 Å². The van der Waals surface area contributed by atoms with E-state index in [4.69, 9.17) is 9.47 Å². The molecule has 150 valence electrons. The van der Waals surface area contributed by atoms with E-state index >= 15 is 0 Å². The number of hydrogen-bond donors (Lipinski definition) is 3. The zero-order chi connectivity index (χ0) is 20.3. The molecule has 1 aromatic heterocycles. The first kappa shape index (κ1) is 20.7. The van der Waals surface area contributed by atoms with Gasteiger partial charge >= 0.3 is 5.69 Å². The minimum absolute atomic E-state index is 0.0366. The summed E-state index contributed by atoms with van der Waals surface area (Å²) in [6, 6.07) is 7.83. The van der Waals surface area contributed by atoms with Crippen molar-refractivity contribution in [2.24, 2.45) is 0 Å². The normalized spacial score (nSPS) is 24.9. The third-order valence-corrected chi connectivity index (χ3v) is 4.79. The summed E-state index contributed by atoms with van der Waals surface area (Å²) in [7, 11) is 0. The number of H-pyrrole nitrogens is 1. The van der Waals surface area contributed by atoms with Crippen molar-refractivity contribution >= 4 is 22.0 Å². The Morgan fingerprint density at radius 1 is 1.25 bits per heavy atom. The molecule has 1 fully saturated rings. The van der Waals surface area contributed by atoms with Gasteiger partial charge in [0.25, 0.3) is 5.56 Å². The van der Waals surface area contributed by atoms with Gasteiger partial charge in [0.2, 0.25) is 0 Å². The average Bonchev–Trinajstić information content (AvgIpc) is 2.94. The number of aromatic nitrogens is 2. The molecular weight excluding hydrogens is 432 g/mol. The van der Waals surface area contributed by atoms with Crippen LogP contribution in [-0.4, -0.2) is 44.7 Å². The highest BCUT2D eigenvalue weighted by Gasteiger charge is 2.44. The minimum Gasteiger partial charge on any atom is -0.387 e. The Balaban J connectivity index is 1.70. The number of aryl methyl sites for hydroxylation is 1. The largest absolute Gasteiger partial charge is 0.387 e. The molecule has 3 rings (SSSR count). The predicted octanol–water partition coefficient (Wildman–Crippen LogP) is 1.05. The molecule has 28 heavy (non-hydrogen) atoms. The molecule has 0 aliphatic carbocycles. The van der Waals surface area contributed by atoms with E-state index in [0.29, 0.717) is 6.61 Å². The van der Waals surface area contributed by atoms with Gasteiger partial charge < -0.3 is 19.7 Å². The Hall–Kier alpha value is -2.04. The monoisotopic (exact) mass is 452 g/mol. The molecule has 0 saturated carbocycles. The second kappa shape index (κ2) is 8.97. The summed E-state index contributed by atoms with van der Waals surface area (Å²) < 4.78 is 12.3. The van der Waals surface area contributed by atoms with Crippen LogP contribution in [0.3, 0.4) is 0 Å². The van der Waals surface area contributed by atoms with E-state index < -0.39 is 35.8 Å². The lowest BCUT2D eigenvalue weighted by Gasteiger charge is -2.17. The number of rotatable bonds is 6. The van der Waals surface area contributed by atoms with Crippen molar-refractivity contribution in [2.45, 2.75) is 38.1 Å². The van der Waals surface area contributed by atoms with Gasteiger partial charge in [-0.2, -0.15) is 0 Å². The maximum absolute atomic E-state index is 12.1. The van der Waals surface area contributed by atoms with Gasteiger partial charge in [-0.1, -0.05) is 45.8 Å². The fraction of sp³-hybridized carbons (Fsp3) is 0.368. The summed E-state index contributed by atoms with van der Waals surface area (Å²) in [5, 5.41) is 20.6. The van der Waals surface area contributed by atoms with Gasteiger partial charge in [0.15, 0.2) is 6.23 Å². The number of nitrogens with one attached hydrogen (secondary N) is 1. The van der Waals surface area contributed by atoms with Crippen molar-refractivity contribution in [1.29, 1.82) is 0 Å². The lowest BCUT2D eigenvalue weighted by atomic mass is 10.1. The molecule has 0 amide bonds. The highest BCUT2D eigenvalue weighted by atomic mass is 79.9. The first-order chi connectivity index (χ1) is 13.4. The van der Waals surface area contributed by atoms with Crippen LogP contribution in [0.5, 0.6) is 0 Å². The summed E-state index contributed by atoms with van der Waals surface area (Å²) in [4.78, 5) is 27.6. The molecule has 0 spiro atoms. The van der Waals surface area contributed by atoms with Gasteiger partial charge in [0, 0.05) is 6.20 Å². The smallest absolute Gasteiger partial charge is 0.330 e. The van der Waals surface area contributed by atoms with Gasteiger partial charge in [0.05, 0.1) is 18.8 Å². The van der Waals surface area contributed by atoms with Gasteiger partial charge in [-0.3, -0.25) is 14.3 Å². The second-order valence-corrected chi connectivity index (χ2v) is 7.12. The highest BCUT2D eigenvalue weighted by molar-refractivity contribution is 9.11. The fourth-order valence-electron chi connectivity index (χ4n) is 2.95. The molecule has 0 unspecified atom stereocenters. The summed E-state index contributed by atoms with van der Waals surface area (Å²) in [5.41, 5.74) is 1.00. The molecule has 1 saturated heterocycles. The maximum Gasteiger partial charge on any atom is 0.330 e. The van der Waals surface area contributed by atoms with E-state index in [1.165, 1.54) is 17.3 Å². The number of benzene rings is 1. The lowest BCUT2D eigenvalue weighted by Crippen LogP contribution is -2.38. The Morgan fingerprint density at radius 3 is 2.64 bits per heavy atom. The molecule has 2 aromatic rings. The van der Waals surface area contributed by atoms with E-state index in [-0.39, 0.29) is 12.2 Å². The van der Waals surface area contributed by atoms with Gasteiger partial charge in [-0.25, -0.2) is 4.79 Å². The minimum atomic E-state index is -1.35. The third kappa shape index (κ3) is 4.50. The number of ether oxygens (including phenoxy) is 2. The van der Waals surface area contributed by atoms with Gasteiger partial charge in [-0.05, 0) is 23.5 Å². The lowest BCUT2D eigenvalue weighted by molar-refractivity contribution is -0.0711. The third-order valence-electron chi connectivity index (χ3n) is 4.52. The van der Waals surface area contributed by atoms with Crippen LogP contribution >= 0.6 is 15.9 Å². The topological polar surface area (TPSA) is 114 Å². The van der Waals surface area contributed by atoms with E-state index in [0.717, 1.165) is 15.7 Å². The van der Waals surface area contributed by atoms with Crippen LogP contribution in [0.15, 0.2) is 45.0 Å². The zero-order valence-corrected chi connectivity index (χ0v) is 16.7. The molecule has 1 aliphatic rings. The highest BCUT2D eigenvalue weighted by Crippen LogP contribution is 2.28. The first-order valence-corrected chi connectivity index (χ1v) is 9.59. The maximum atomic E-state index is 12.1. The summed E-state index contributed by atoms with van der Waals surface area (Å²) >= 11 is 3.07. The van der Waals surface area contributed by atoms with Crippen molar-refractivity contribution < 1.29 is 19.7 Å². The Labute approximate surface area is 169 Å². The number of aliphatic hydroxyl groups is 2. The molecule has 4 atom stereocenters. The van der Waals surface area contributed by atoms with Crippen molar-refractivity contribution in [3.8, 4) is 0 Å². The zero-order valence-electron chi connectivity index (χ0n) is 15.1. The van der Waals surface area contributed by atoms with Crippen LogP contribution in [0.2, 0.25) is 0 Å². The molecule has 8 nitrogen and oxygen atoms in total. The molecule has 0 bridgehead atoms. The van der Waals surface area contributed by atoms with Crippen molar-refractivity contribution in [3.63, 3.8) is 0 Å². The predicted molar refractivity (Wildman–Crippen MR) is 106 cm³/mol. The number of halogens is 1. The SMILES string of the molecule is Cc1ccc(COC[C@H]2O[C@@H](n3cc(C=CBr)c(=O)[nH]c3=O)[C@@H](O)[C@@H]2O)cc1. The average molecular weight is 453 g/mol.